The molecule has 19 heavy (non-hydrogen) atoms. The van der Waals surface area contributed by atoms with E-state index >= 15 is 0 Å². The molecule has 1 heterocycles. The van der Waals surface area contributed by atoms with E-state index in [1.54, 1.807) is 13.2 Å². The summed E-state index contributed by atoms with van der Waals surface area (Å²) in [6.07, 6.45) is 0.953. The third-order valence-electron chi connectivity index (χ3n) is 3.66. The van der Waals surface area contributed by atoms with Crippen LogP contribution in [0, 0.1) is 5.41 Å². The minimum atomic E-state index is -0.0783. The van der Waals surface area contributed by atoms with E-state index in [-0.39, 0.29) is 11.4 Å². The van der Waals surface area contributed by atoms with Gasteiger partial charge in [0.15, 0.2) is 0 Å². The van der Waals surface area contributed by atoms with Crippen LogP contribution in [0.15, 0.2) is 24.3 Å². The summed E-state index contributed by atoms with van der Waals surface area (Å²) in [7, 11) is 1.61. The molecule has 1 fully saturated rings. The fourth-order valence-electron chi connectivity index (χ4n) is 2.27. The summed E-state index contributed by atoms with van der Waals surface area (Å²) >= 11 is 0. The number of benzene rings is 1. The van der Waals surface area contributed by atoms with E-state index in [2.05, 4.69) is 12.2 Å². The lowest BCUT2D eigenvalue weighted by molar-refractivity contribution is 0.216. The molecule has 1 aromatic rings. The zero-order valence-electron chi connectivity index (χ0n) is 11.5. The lowest BCUT2D eigenvalue weighted by Gasteiger charge is -2.22. The molecular weight excluding hydrogens is 242 g/mol. The Hall–Kier alpha value is -1.75. The smallest absolute Gasteiger partial charge is 0.321 e. The Morgan fingerprint density at radius 2 is 2.37 bits per heavy atom. The molecule has 0 bridgehead atoms. The van der Waals surface area contributed by atoms with Crippen molar-refractivity contribution in [3.63, 3.8) is 0 Å². The van der Waals surface area contributed by atoms with E-state index in [9.17, 15) is 4.79 Å². The second-order valence-corrected chi connectivity index (χ2v) is 5.35. The van der Waals surface area contributed by atoms with Gasteiger partial charge in [0.1, 0.15) is 5.75 Å². The molecule has 3 N–H and O–H groups in total. The van der Waals surface area contributed by atoms with Crippen LogP contribution >= 0.6 is 0 Å². The van der Waals surface area contributed by atoms with Crippen LogP contribution in [0.4, 0.5) is 10.5 Å². The molecule has 2 rings (SSSR count). The zero-order valence-corrected chi connectivity index (χ0v) is 11.5. The van der Waals surface area contributed by atoms with Gasteiger partial charge in [-0.25, -0.2) is 4.79 Å². The van der Waals surface area contributed by atoms with Crippen molar-refractivity contribution in [1.82, 2.24) is 4.90 Å². The predicted octanol–water partition coefficient (Wildman–Crippen LogP) is 1.90. The predicted molar refractivity (Wildman–Crippen MR) is 75.4 cm³/mol. The number of amides is 2. The van der Waals surface area contributed by atoms with E-state index in [1.165, 1.54) is 0 Å². The van der Waals surface area contributed by atoms with Crippen LogP contribution < -0.4 is 15.8 Å². The summed E-state index contributed by atoms with van der Waals surface area (Å²) in [5, 5.41) is 2.89. The number of hydrogen-bond donors (Lipinski definition) is 2. The second kappa shape index (κ2) is 5.48. The molecule has 0 radical (unpaired) electrons. The van der Waals surface area contributed by atoms with Crippen molar-refractivity contribution in [2.24, 2.45) is 11.1 Å². The number of nitrogens with two attached hydrogens (primary N) is 1. The first-order chi connectivity index (χ1) is 9.06. The number of anilines is 1. The first-order valence-electron chi connectivity index (χ1n) is 6.46. The second-order valence-electron chi connectivity index (χ2n) is 5.35. The standard InChI is InChI=1S/C14H21N3O2/c1-14(9-15)6-7-17(10-14)13(18)16-11-4-3-5-12(8-11)19-2/h3-5,8H,6-7,9-10,15H2,1-2H3,(H,16,18). The number of nitrogens with one attached hydrogen (secondary N) is 1. The number of hydrogen-bond acceptors (Lipinski definition) is 3. The summed E-state index contributed by atoms with van der Waals surface area (Å²) in [5.74, 6) is 0.728. The van der Waals surface area contributed by atoms with Crippen molar-refractivity contribution < 1.29 is 9.53 Å². The number of likely N-dealkylation sites (tertiary alicyclic amines) is 1. The molecule has 5 nitrogen and oxygen atoms in total. The maximum absolute atomic E-state index is 12.2. The normalized spacial score (nSPS) is 22.4. The van der Waals surface area contributed by atoms with Crippen LogP contribution in [-0.4, -0.2) is 37.7 Å². The number of nitrogens with zero attached hydrogens (tertiary/aromatic N) is 1. The van der Waals surface area contributed by atoms with Crippen molar-refractivity contribution >= 4 is 11.7 Å². The van der Waals surface area contributed by atoms with Crippen LogP contribution in [0.5, 0.6) is 5.75 Å². The van der Waals surface area contributed by atoms with Crippen LogP contribution in [-0.2, 0) is 0 Å². The molecule has 2 amide bonds. The number of rotatable bonds is 3. The Kier molecular flexibility index (Phi) is 3.95. The molecule has 0 saturated carbocycles. The van der Waals surface area contributed by atoms with Crippen molar-refractivity contribution in [3.05, 3.63) is 24.3 Å². The number of ether oxygens (including phenoxy) is 1. The van der Waals surface area contributed by atoms with E-state index in [1.807, 2.05) is 23.1 Å². The zero-order chi connectivity index (χ0) is 13.9. The third kappa shape index (κ3) is 3.17. The van der Waals surface area contributed by atoms with Gasteiger partial charge in [-0.15, -0.1) is 0 Å². The van der Waals surface area contributed by atoms with Crippen molar-refractivity contribution in [2.45, 2.75) is 13.3 Å². The first kappa shape index (κ1) is 13.7. The minimum Gasteiger partial charge on any atom is -0.497 e. The van der Waals surface area contributed by atoms with Gasteiger partial charge in [-0.05, 0) is 30.5 Å². The van der Waals surface area contributed by atoms with Gasteiger partial charge in [-0.2, -0.15) is 0 Å². The largest absolute Gasteiger partial charge is 0.497 e. The molecule has 1 aliphatic heterocycles. The van der Waals surface area contributed by atoms with E-state index in [0.717, 1.165) is 24.4 Å². The van der Waals surface area contributed by atoms with Crippen LogP contribution in [0.2, 0.25) is 0 Å². The highest BCUT2D eigenvalue weighted by molar-refractivity contribution is 5.89. The fraction of sp³-hybridized carbons (Fsp3) is 0.500. The molecule has 1 unspecified atom stereocenters. The monoisotopic (exact) mass is 263 g/mol. The maximum atomic E-state index is 12.2. The van der Waals surface area contributed by atoms with E-state index in [4.69, 9.17) is 10.5 Å². The molecule has 1 aliphatic rings. The van der Waals surface area contributed by atoms with Gasteiger partial charge in [-0.1, -0.05) is 13.0 Å². The molecule has 0 aromatic heterocycles. The number of carbonyl (C=O) groups is 1. The lowest BCUT2D eigenvalue weighted by Crippen LogP contribution is -2.36. The number of methoxy groups -OCH3 is 1. The van der Waals surface area contributed by atoms with Crippen LogP contribution in [0.3, 0.4) is 0 Å². The molecule has 0 aliphatic carbocycles. The van der Waals surface area contributed by atoms with Gasteiger partial charge in [0.05, 0.1) is 7.11 Å². The Labute approximate surface area is 113 Å². The average molecular weight is 263 g/mol. The summed E-state index contributed by atoms with van der Waals surface area (Å²) in [5.41, 5.74) is 6.53. The van der Waals surface area contributed by atoms with Crippen molar-refractivity contribution in [2.75, 3.05) is 32.1 Å². The third-order valence-corrected chi connectivity index (χ3v) is 3.66. The van der Waals surface area contributed by atoms with Crippen LogP contribution in [0.25, 0.3) is 0 Å². The van der Waals surface area contributed by atoms with Gasteiger partial charge in [0.2, 0.25) is 0 Å². The average Bonchev–Trinajstić information content (AvgIpc) is 2.82. The summed E-state index contributed by atoms with van der Waals surface area (Å²) in [4.78, 5) is 14.0. The lowest BCUT2D eigenvalue weighted by atomic mass is 9.90. The fourth-order valence-corrected chi connectivity index (χ4v) is 2.27. The van der Waals surface area contributed by atoms with Gasteiger partial charge in [0, 0.05) is 24.8 Å². The maximum Gasteiger partial charge on any atom is 0.321 e. The summed E-state index contributed by atoms with van der Waals surface area (Å²) in [6.45, 7) is 4.19. The topological polar surface area (TPSA) is 67.6 Å². The molecule has 1 saturated heterocycles. The molecule has 104 valence electrons. The SMILES string of the molecule is COc1cccc(NC(=O)N2CCC(C)(CN)C2)c1. The quantitative estimate of drug-likeness (QED) is 0.875. The van der Waals surface area contributed by atoms with Crippen LogP contribution in [0.1, 0.15) is 13.3 Å². The molecule has 1 atom stereocenters. The summed E-state index contributed by atoms with van der Waals surface area (Å²) in [6, 6.07) is 7.26. The van der Waals surface area contributed by atoms with E-state index < -0.39 is 0 Å². The molecule has 1 aromatic carbocycles. The highest BCUT2D eigenvalue weighted by atomic mass is 16.5. The van der Waals surface area contributed by atoms with E-state index in [0.29, 0.717) is 13.1 Å². The van der Waals surface area contributed by atoms with Gasteiger partial charge in [-0.3, -0.25) is 0 Å². The number of carbonyl (C=O) groups excluding carboxylic acids is 1. The Balaban J connectivity index is 1.98. The van der Waals surface area contributed by atoms with Crippen molar-refractivity contribution in [3.8, 4) is 5.75 Å². The van der Waals surface area contributed by atoms with Gasteiger partial charge >= 0.3 is 6.03 Å². The summed E-state index contributed by atoms with van der Waals surface area (Å²) < 4.78 is 5.13. The Morgan fingerprint density at radius 3 is 3.00 bits per heavy atom. The Bertz CT molecular complexity index is 464. The van der Waals surface area contributed by atoms with Crippen molar-refractivity contribution in [1.29, 1.82) is 0 Å². The minimum absolute atomic E-state index is 0.0473. The number of urea groups is 1. The Morgan fingerprint density at radius 1 is 1.58 bits per heavy atom. The molecule has 0 spiro atoms. The first-order valence-corrected chi connectivity index (χ1v) is 6.46. The molecule has 5 heteroatoms. The highest BCUT2D eigenvalue weighted by Gasteiger charge is 2.34. The van der Waals surface area contributed by atoms with Gasteiger partial charge < -0.3 is 20.7 Å². The molecular formula is C14H21N3O2. The highest BCUT2D eigenvalue weighted by Crippen LogP contribution is 2.29. The van der Waals surface area contributed by atoms with Gasteiger partial charge in [0.25, 0.3) is 0 Å².